The summed E-state index contributed by atoms with van der Waals surface area (Å²) >= 11 is 4.71. The van der Waals surface area contributed by atoms with Crippen molar-refractivity contribution in [2.45, 2.75) is 19.9 Å². The Morgan fingerprint density at radius 2 is 1.91 bits per heavy atom. The molecule has 0 radical (unpaired) electrons. The Kier molecular flexibility index (Phi) is 7.04. The Hall–Kier alpha value is -3.17. The van der Waals surface area contributed by atoms with E-state index in [1.54, 1.807) is 50.8 Å². The number of carbonyl (C=O) groups excluding carboxylic acids is 1. The highest BCUT2D eigenvalue weighted by Crippen LogP contribution is 2.31. The average molecular weight is 543 g/mol. The SMILES string of the molecule is CCOC(=O)C1=C(C)N=c2s/c(=C\c3ccc(OC)cc3OC)c(=O)n2[C@H]1c1ccc(Br)cc1. The highest BCUT2D eigenvalue weighted by Gasteiger charge is 2.33. The summed E-state index contributed by atoms with van der Waals surface area (Å²) in [7, 11) is 3.15. The lowest BCUT2D eigenvalue weighted by Gasteiger charge is -2.24. The zero-order valence-electron chi connectivity index (χ0n) is 19.1. The molecule has 0 aliphatic carbocycles. The standard InChI is InChI=1S/C25H23BrN2O5S/c1-5-33-24(30)21-14(2)27-25-28(22(21)15-6-9-17(26)10-7-15)23(29)20(34-25)12-16-8-11-18(31-3)13-19(16)32-4/h6-13,22H,5H2,1-4H3/b20-12-/t22-/m0/s1. The summed E-state index contributed by atoms with van der Waals surface area (Å²) in [6, 6.07) is 12.3. The smallest absolute Gasteiger partial charge is 0.338 e. The fourth-order valence-corrected chi connectivity index (χ4v) is 5.13. The molecular formula is C25H23BrN2O5S. The number of rotatable bonds is 6. The van der Waals surface area contributed by atoms with Crippen molar-refractivity contribution in [2.24, 2.45) is 4.99 Å². The molecule has 0 bridgehead atoms. The van der Waals surface area contributed by atoms with Gasteiger partial charge in [0.1, 0.15) is 11.5 Å². The van der Waals surface area contributed by atoms with E-state index in [0.717, 1.165) is 15.6 Å². The molecule has 2 heterocycles. The number of carbonyl (C=O) groups is 1. The summed E-state index contributed by atoms with van der Waals surface area (Å²) in [4.78, 5) is 31.7. The summed E-state index contributed by atoms with van der Waals surface area (Å²) < 4.78 is 19.0. The van der Waals surface area contributed by atoms with Crippen molar-refractivity contribution in [2.75, 3.05) is 20.8 Å². The van der Waals surface area contributed by atoms with E-state index < -0.39 is 12.0 Å². The van der Waals surface area contributed by atoms with Crippen LogP contribution in [0, 0.1) is 0 Å². The summed E-state index contributed by atoms with van der Waals surface area (Å²) in [5, 5.41) is 0. The number of fused-ring (bicyclic) bond motifs is 1. The molecule has 0 saturated heterocycles. The number of nitrogens with zero attached hydrogens (tertiary/aromatic N) is 2. The third-order valence-electron chi connectivity index (χ3n) is 5.43. The molecule has 176 valence electrons. The van der Waals surface area contributed by atoms with Crippen LogP contribution in [0.2, 0.25) is 0 Å². The van der Waals surface area contributed by atoms with Gasteiger partial charge in [0.15, 0.2) is 4.80 Å². The van der Waals surface area contributed by atoms with Crippen molar-refractivity contribution in [3.8, 4) is 11.5 Å². The van der Waals surface area contributed by atoms with Crippen LogP contribution in [-0.4, -0.2) is 31.4 Å². The van der Waals surface area contributed by atoms with Crippen molar-refractivity contribution in [3.05, 3.63) is 89.0 Å². The molecule has 1 aromatic heterocycles. The zero-order chi connectivity index (χ0) is 24.4. The molecule has 0 fully saturated rings. The van der Waals surface area contributed by atoms with Gasteiger partial charge in [0.05, 0.1) is 42.7 Å². The number of esters is 1. The molecule has 0 unspecified atom stereocenters. The monoisotopic (exact) mass is 542 g/mol. The van der Waals surface area contributed by atoms with E-state index in [4.69, 9.17) is 14.2 Å². The molecule has 1 atom stereocenters. The molecule has 0 saturated carbocycles. The largest absolute Gasteiger partial charge is 0.497 e. The lowest BCUT2D eigenvalue weighted by molar-refractivity contribution is -0.139. The Bertz CT molecular complexity index is 1450. The van der Waals surface area contributed by atoms with Gasteiger partial charge in [-0.25, -0.2) is 9.79 Å². The number of ether oxygens (including phenoxy) is 3. The van der Waals surface area contributed by atoms with Gasteiger partial charge in [0, 0.05) is 16.1 Å². The molecular weight excluding hydrogens is 520 g/mol. The van der Waals surface area contributed by atoms with Gasteiger partial charge in [-0.05, 0) is 49.8 Å². The summed E-state index contributed by atoms with van der Waals surface area (Å²) in [5.41, 5.74) is 2.15. The van der Waals surface area contributed by atoms with Crippen LogP contribution >= 0.6 is 27.3 Å². The number of benzene rings is 2. The van der Waals surface area contributed by atoms with Crippen LogP contribution in [0.3, 0.4) is 0 Å². The number of aromatic nitrogens is 1. The average Bonchev–Trinajstić information content (AvgIpc) is 3.13. The lowest BCUT2D eigenvalue weighted by Crippen LogP contribution is -2.39. The minimum Gasteiger partial charge on any atom is -0.497 e. The Labute approximate surface area is 208 Å². The summed E-state index contributed by atoms with van der Waals surface area (Å²) in [5.74, 6) is 0.751. The van der Waals surface area contributed by atoms with E-state index >= 15 is 0 Å². The first-order valence-electron chi connectivity index (χ1n) is 10.5. The van der Waals surface area contributed by atoms with Gasteiger partial charge in [-0.2, -0.15) is 0 Å². The maximum absolute atomic E-state index is 13.7. The van der Waals surface area contributed by atoms with E-state index in [-0.39, 0.29) is 12.2 Å². The molecule has 3 aromatic rings. The van der Waals surface area contributed by atoms with Crippen molar-refractivity contribution in [1.29, 1.82) is 0 Å². The van der Waals surface area contributed by atoms with Gasteiger partial charge >= 0.3 is 5.97 Å². The number of hydrogen-bond donors (Lipinski definition) is 0. The van der Waals surface area contributed by atoms with Crippen molar-refractivity contribution < 1.29 is 19.0 Å². The number of halogens is 1. The Morgan fingerprint density at radius 1 is 1.18 bits per heavy atom. The molecule has 1 aliphatic rings. The van der Waals surface area contributed by atoms with Gasteiger partial charge in [-0.3, -0.25) is 9.36 Å². The van der Waals surface area contributed by atoms with Crippen LogP contribution < -0.4 is 24.4 Å². The van der Waals surface area contributed by atoms with E-state index in [1.165, 1.54) is 11.3 Å². The second kappa shape index (κ2) is 9.99. The predicted molar refractivity (Wildman–Crippen MR) is 134 cm³/mol. The van der Waals surface area contributed by atoms with Crippen LogP contribution in [0.25, 0.3) is 6.08 Å². The van der Waals surface area contributed by atoms with Gasteiger partial charge < -0.3 is 14.2 Å². The van der Waals surface area contributed by atoms with E-state index in [0.29, 0.717) is 32.1 Å². The van der Waals surface area contributed by atoms with Crippen LogP contribution in [0.15, 0.2) is 68.0 Å². The van der Waals surface area contributed by atoms with Gasteiger partial charge in [-0.1, -0.05) is 39.4 Å². The van der Waals surface area contributed by atoms with E-state index in [2.05, 4.69) is 20.9 Å². The molecule has 4 rings (SSSR count). The maximum Gasteiger partial charge on any atom is 0.338 e. The third-order valence-corrected chi connectivity index (χ3v) is 6.94. The molecule has 0 N–H and O–H groups in total. The molecule has 9 heteroatoms. The second-order valence-corrected chi connectivity index (χ2v) is 9.39. The molecule has 1 aliphatic heterocycles. The molecule has 0 spiro atoms. The van der Waals surface area contributed by atoms with Crippen LogP contribution in [0.5, 0.6) is 11.5 Å². The van der Waals surface area contributed by atoms with Crippen molar-refractivity contribution in [1.82, 2.24) is 4.57 Å². The van der Waals surface area contributed by atoms with Crippen LogP contribution in [-0.2, 0) is 9.53 Å². The number of thiazole rings is 1. The Morgan fingerprint density at radius 3 is 2.56 bits per heavy atom. The second-order valence-electron chi connectivity index (χ2n) is 7.46. The highest BCUT2D eigenvalue weighted by atomic mass is 79.9. The number of methoxy groups -OCH3 is 2. The van der Waals surface area contributed by atoms with Gasteiger partial charge in [0.2, 0.25) is 0 Å². The molecule has 7 nitrogen and oxygen atoms in total. The minimum atomic E-state index is -0.650. The Balaban J connectivity index is 1.94. The first-order valence-corrected chi connectivity index (χ1v) is 12.2. The topological polar surface area (TPSA) is 79.1 Å². The van der Waals surface area contributed by atoms with Crippen molar-refractivity contribution in [3.63, 3.8) is 0 Å². The number of hydrogen-bond acceptors (Lipinski definition) is 7. The fraction of sp³-hybridized carbons (Fsp3) is 0.240. The van der Waals surface area contributed by atoms with Crippen LogP contribution in [0.1, 0.15) is 31.0 Å². The first-order chi connectivity index (χ1) is 16.4. The maximum atomic E-state index is 13.7. The minimum absolute atomic E-state index is 0.227. The molecule has 0 amide bonds. The van der Waals surface area contributed by atoms with E-state index in [1.807, 2.05) is 30.3 Å². The van der Waals surface area contributed by atoms with E-state index in [9.17, 15) is 9.59 Å². The number of allylic oxidation sites excluding steroid dienone is 1. The normalized spacial score (nSPS) is 15.6. The summed E-state index contributed by atoms with van der Waals surface area (Å²) in [6.07, 6.45) is 1.77. The first kappa shape index (κ1) is 24.0. The fourth-order valence-electron chi connectivity index (χ4n) is 3.83. The van der Waals surface area contributed by atoms with Gasteiger partial charge in [0.25, 0.3) is 5.56 Å². The summed E-state index contributed by atoms with van der Waals surface area (Å²) in [6.45, 7) is 3.74. The molecule has 2 aromatic carbocycles. The van der Waals surface area contributed by atoms with Gasteiger partial charge in [-0.15, -0.1) is 0 Å². The highest BCUT2D eigenvalue weighted by molar-refractivity contribution is 9.10. The predicted octanol–water partition coefficient (Wildman–Crippen LogP) is 3.58. The third kappa shape index (κ3) is 4.45. The van der Waals surface area contributed by atoms with Crippen molar-refractivity contribution >= 4 is 39.3 Å². The quantitative estimate of drug-likeness (QED) is 0.445. The zero-order valence-corrected chi connectivity index (χ0v) is 21.5. The molecule has 34 heavy (non-hydrogen) atoms. The van der Waals surface area contributed by atoms with Crippen LogP contribution in [0.4, 0.5) is 0 Å². The lowest BCUT2D eigenvalue weighted by atomic mass is 9.96.